The summed E-state index contributed by atoms with van der Waals surface area (Å²) in [5, 5.41) is 9.44. The van der Waals surface area contributed by atoms with E-state index in [9.17, 15) is 4.79 Å². The molecule has 1 rings (SSSR count). The van der Waals surface area contributed by atoms with Crippen LogP contribution in [0.2, 0.25) is 0 Å². The van der Waals surface area contributed by atoms with Crippen molar-refractivity contribution in [2.24, 2.45) is 5.73 Å². The van der Waals surface area contributed by atoms with Crippen molar-refractivity contribution in [1.29, 1.82) is 5.41 Å². The van der Waals surface area contributed by atoms with Gasteiger partial charge in [-0.05, 0) is 0 Å². The highest BCUT2D eigenvalue weighted by molar-refractivity contribution is 5.95. The van der Waals surface area contributed by atoms with Gasteiger partial charge in [-0.25, -0.2) is 9.97 Å². The third-order valence-corrected chi connectivity index (χ3v) is 1.39. The average Bonchev–Trinajstić information content (AvgIpc) is 2.17. The molecule has 6 heteroatoms. The summed E-state index contributed by atoms with van der Waals surface area (Å²) in [5.41, 5.74) is 5.57. The van der Waals surface area contributed by atoms with Gasteiger partial charge in [-0.2, -0.15) is 0 Å². The summed E-state index contributed by atoms with van der Waals surface area (Å²) in [5.74, 6) is -0.425. The zero-order valence-electron chi connectivity index (χ0n) is 7.03. The molecular formula is C7H9N5O. The smallest absolute Gasteiger partial charge is 0.288 e. The largest absolute Gasteiger partial charge is 0.384 e. The number of nitrogens with one attached hydrogen (secondary N) is 2. The van der Waals surface area contributed by atoms with E-state index in [1.54, 1.807) is 0 Å². The Bertz CT molecular complexity index is 331. The highest BCUT2D eigenvalue weighted by atomic mass is 16.2. The molecule has 1 amide bonds. The minimum atomic E-state index is -0.366. The van der Waals surface area contributed by atoms with Gasteiger partial charge in [-0.1, -0.05) is 0 Å². The maximum absolute atomic E-state index is 11.0. The monoisotopic (exact) mass is 179 g/mol. The van der Waals surface area contributed by atoms with Crippen LogP contribution >= 0.6 is 0 Å². The van der Waals surface area contributed by atoms with Gasteiger partial charge in [0.25, 0.3) is 5.91 Å². The zero-order valence-corrected chi connectivity index (χ0v) is 7.03. The fraction of sp³-hybridized carbons (Fsp3) is 0.143. The van der Waals surface area contributed by atoms with E-state index >= 15 is 0 Å². The molecule has 4 N–H and O–H groups in total. The molecule has 0 aliphatic carbocycles. The van der Waals surface area contributed by atoms with E-state index in [1.165, 1.54) is 19.4 Å². The Hall–Kier alpha value is -1.98. The van der Waals surface area contributed by atoms with Crippen LogP contribution in [0.5, 0.6) is 0 Å². The second kappa shape index (κ2) is 3.61. The van der Waals surface area contributed by atoms with Crippen molar-refractivity contribution in [1.82, 2.24) is 15.3 Å². The Kier molecular flexibility index (Phi) is 2.53. The predicted molar refractivity (Wildman–Crippen MR) is 46.4 cm³/mol. The van der Waals surface area contributed by atoms with E-state index in [2.05, 4.69) is 15.3 Å². The molecular weight excluding hydrogens is 170 g/mol. The molecule has 0 aliphatic heterocycles. The van der Waals surface area contributed by atoms with E-state index in [0.717, 1.165) is 0 Å². The highest BCUT2D eigenvalue weighted by Gasteiger charge is 2.06. The maximum atomic E-state index is 11.0. The minimum absolute atomic E-state index is 0.0625. The van der Waals surface area contributed by atoms with Gasteiger partial charge in [-0.15, -0.1) is 0 Å². The van der Waals surface area contributed by atoms with Crippen molar-refractivity contribution in [2.45, 2.75) is 0 Å². The van der Waals surface area contributed by atoms with Gasteiger partial charge >= 0.3 is 0 Å². The molecule has 13 heavy (non-hydrogen) atoms. The summed E-state index contributed by atoms with van der Waals surface area (Å²) in [7, 11) is 1.49. The number of hydrogen-bond acceptors (Lipinski definition) is 4. The first-order valence-corrected chi connectivity index (χ1v) is 3.53. The lowest BCUT2D eigenvalue weighted by Crippen LogP contribution is -2.21. The molecule has 0 spiro atoms. The van der Waals surface area contributed by atoms with Crippen LogP contribution in [0.4, 0.5) is 0 Å². The molecule has 68 valence electrons. The van der Waals surface area contributed by atoms with Crippen LogP contribution in [0, 0.1) is 5.41 Å². The Labute approximate surface area is 74.7 Å². The summed E-state index contributed by atoms with van der Waals surface area (Å²) in [6, 6.07) is 0. The van der Waals surface area contributed by atoms with Crippen molar-refractivity contribution in [3.8, 4) is 0 Å². The summed E-state index contributed by atoms with van der Waals surface area (Å²) in [6.07, 6.45) is 2.67. The number of carbonyl (C=O) groups excluding carboxylic acids is 1. The van der Waals surface area contributed by atoms with Crippen molar-refractivity contribution < 1.29 is 4.79 Å². The number of hydrogen-bond donors (Lipinski definition) is 3. The van der Waals surface area contributed by atoms with Crippen LogP contribution in [0.15, 0.2) is 12.4 Å². The van der Waals surface area contributed by atoms with Crippen LogP contribution < -0.4 is 11.1 Å². The van der Waals surface area contributed by atoms with Gasteiger partial charge in [0.15, 0.2) is 0 Å². The molecule has 0 radical (unpaired) electrons. The van der Waals surface area contributed by atoms with E-state index in [-0.39, 0.29) is 17.6 Å². The second-order valence-corrected chi connectivity index (χ2v) is 2.29. The van der Waals surface area contributed by atoms with Crippen LogP contribution in [0.25, 0.3) is 0 Å². The highest BCUT2D eigenvalue weighted by Crippen LogP contribution is 1.94. The first-order valence-electron chi connectivity index (χ1n) is 3.53. The number of nitrogens with zero attached hydrogens (tertiary/aromatic N) is 2. The number of aromatic nitrogens is 2. The van der Waals surface area contributed by atoms with E-state index in [4.69, 9.17) is 11.1 Å². The van der Waals surface area contributed by atoms with Crippen LogP contribution in [-0.2, 0) is 0 Å². The van der Waals surface area contributed by atoms with Crippen molar-refractivity contribution in [3.05, 3.63) is 23.8 Å². The average molecular weight is 179 g/mol. The molecule has 1 aromatic rings. The fourth-order valence-corrected chi connectivity index (χ4v) is 0.696. The summed E-state index contributed by atoms with van der Waals surface area (Å²) in [4.78, 5) is 18.4. The third kappa shape index (κ3) is 1.98. The Morgan fingerprint density at radius 3 is 2.46 bits per heavy atom. The first-order chi connectivity index (χ1) is 6.15. The molecule has 0 fully saturated rings. The van der Waals surface area contributed by atoms with Gasteiger partial charge in [0.05, 0.1) is 5.56 Å². The topological polar surface area (TPSA) is 105 Å². The number of amidine groups is 1. The standard InChI is InChI=1S/C7H9N5O/c1-10-7(13)6-11-2-4(3-12-6)5(8)9/h2-3H,1H3,(H3,8,9)(H,10,13). The van der Waals surface area contributed by atoms with E-state index in [1.807, 2.05) is 0 Å². The van der Waals surface area contributed by atoms with Crippen LogP contribution in [-0.4, -0.2) is 28.8 Å². The molecule has 0 aliphatic rings. The van der Waals surface area contributed by atoms with Crippen LogP contribution in [0.3, 0.4) is 0 Å². The molecule has 0 atom stereocenters. The molecule has 0 aromatic carbocycles. The SMILES string of the molecule is CNC(=O)c1ncc(C(=N)N)cn1. The summed E-state index contributed by atoms with van der Waals surface area (Å²) < 4.78 is 0. The maximum Gasteiger partial charge on any atom is 0.288 e. The van der Waals surface area contributed by atoms with E-state index < -0.39 is 0 Å². The minimum Gasteiger partial charge on any atom is -0.384 e. The lowest BCUT2D eigenvalue weighted by atomic mass is 10.3. The number of amides is 1. The fourth-order valence-electron chi connectivity index (χ4n) is 0.696. The van der Waals surface area contributed by atoms with Gasteiger partial charge in [0.2, 0.25) is 5.82 Å². The number of carbonyl (C=O) groups is 1. The molecule has 0 bridgehead atoms. The van der Waals surface area contributed by atoms with Crippen LogP contribution in [0.1, 0.15) is 16.2 Å². The first kappa shape index (κ1) is 9.11. The van der Waals surface area contributed by atoms with Gasteiger partial charge in [-0.3, -0.25) is 10.2 Å². The lowest BCUT2D eigenvalue weighted by Gasteiger charge is -1.99. The van der Waals surface area contributed by atoms with Gasteiger partial charge in [0, 0.05) is 19.4 Å². The Balaban J connectivity index is 2.93. The number of rotatable bonds is 2. The Morgan fingerprint density at radius 2 is 2.08 bits per heavy atom. The molecule has 6 nitrogen and oxygen atoms in total. The molecule has 0 saturated heterocycles. The zero-order chi connectivity index (χ0) is 9.84. The van der Waals surface area contributed by atoms with E-state index in [0.29, 0.717) is 5.56 Å². The normalized spacial score (nSPS) is 9.31. The van der Waals surface area contributed by atoms with Crippen molar-refractivity contribution in [3.63, 3.8) is 0 Å². The van der Waals surface area contributed by atoms with Gasteiger partial charge < -0.3 is 11.1 Å². The quantitative estimate of drug-likeness (QED) is 0.405. The lowest BCUT2D eigenvalue weighted by molar-refractivity contribution is 0.0952. The molecule has 1 heterocycles. The third-order valence-electron chi connectivity index (χ3n) is 1.39. The van der Waals surface area contributed by atoms with Gasteiger partial charge in [0.1, 0.15) is 5.84 Å². The Morgan fingerprint density at radius 1 is 1.54 bits per heavy atom. The summed E-state index contributed by atoms with van der Waals surface area (Å²) >= 11 is 0. The number of nitrogens with two attached hydrogens (primary N) is 1. The van der Waals surface area contributed by atoms with Crippen molar-refractivity contribution in [2.75, 3.05) is 7.05 Å². The summed E-state index contributed by atoms with van der Waals surface area (Å²) in [6.45, 7) is 0. The second-order valence-electron chi connectivity index (χ2n) is 2.29. The molecule has 0 saturated carbocycles. The molecule has 1 aromatic heterocycles. The molecule has 0 unspecified atom stereocenters. The predicted octanol–water partition coefficient (Wildman–Crippen LogP) is -0.880. The van der Waals surface area contributed by atoms with Crippen molar-refractivity contribution >= 4 is 11.7 Å². The number of nitrogen functional groups attached to an aromatic ring is 1.